The van der Waals surface area contributed by atoms with Crippen molar-refractivity contribution in [2.24, 2.45) is 0 Å². The van der Waals surface area contributed by atoms with Crippen LogP contribution in [0.5, 0.6) is 0 Å². The van der Waals surface area contributed by atoms with Gasteiger partial charge in [-0.05, 0) is 42.7 Å². The van der Waals surface area contributed by atoms with E-state index >= 15 is 0 Å². The van der Waals surface area contributed by atoms with Gasteiger partial charge < -0.3 is 10.1 Å². The first-order valence-electron chi connectivity index (χ1n) is 7.81. The average molecular weight is 377 g/mol. The molecule has 0 saturated heterocycles. The molecule has 0 spiro atoms. The highest BCUT2D eigenvalue weighted by molar-refractivity contribution is 7.99. The van der Waals surface area contributed by atoms with E-state index < -0.39 is 5.97 Å². The lowest BCUT2D eigenvalue weighted by atomic mass is 10.3. The molecule has 0 unspecified atom stereocenters. The van der Waals surface area contributed by atoms with Crippen LogP contribution < -0.4 is 5.32 Å². The van der Waals surface area contributed by atoms with Crippen molar-refractivity contribution in [3.63, 3.8) is 0 Å². The Bertz CT molecular complexity index is 696. The Kier molecular flexibility index (Phi) is 8.34. The van der Waals surface area contributed by atoms with Crippen LogP contribution in [-0.2, 0) is 9.53 Å². The summed E-state index contributed by atoms with van der Waals surface area (Å²) in [7, 11) is 0. The fraction of sp³-hybridized carbons (Fsp3) is 0.278. The molecular weight excluding hydrogens is 356 g/mol. The van der Waals surface area contributed by atoms with Crippen LogP contribution in [0.4, 0.5) is 0 Å². The Labute approximate surface area is 155 Å². The monoisotopic (exact) mass is 376 g/mol. The quantitative estimate of drug-likeness (QED) is 0.412. The first kappa shape index (κ1) is 19.3. The minimum absolute atomic E-state index is 0.284. The van der Waals surface area contributed by atoms with Crippen LogP contribution in [0.15, 0.2) is 58.6 Å². The maximum absolute atomic E-state index is 12.0. The Morgan fingerprint density at radius 2 is 1.96 bits per heavy atom. The van der Waals surface area contributed by atoms with Gasteiger partial charge in [-0.25, -0.2) is 9.78 Å². The Hall–Kier alpha value is -1.99. The maximum Gasteiger partial charge on any atom is 0.341 e. The highest BCUT2D eigenvalue weighted by atomic mass is 32.2. The molecule has 1 amide bonds. The van der Waals surface area contributed by atoms with E-state index in [9.17, 15) is 9.59 Å². The number of rotatable bonds is 9. The highest BCUT2D eigenvalue weighted by Crippen LogP contribution is 2.18. The number of esters is 1. The molecule has 132 valence electrons. The standard InChI is InChI=1S/C18H20N2O3S2/c1-24-17-15(9-5-10-20-17)18(22)23-13-16(21)19-11-6-12-25-14-7-3-2-4-8-14/h2-5,7-10H,6,11-13H2,1H3,(H,19,21). The molecule has 0 bridgehead atoms. The van der Waals surface area contributed by atoms with E-state index in [1.54, 1.807) is 30.1 Å². The van der Waals surface area contributed by atoms with Crippen molar-refractivity contribution in [1.29, 1.82) is 0 Å². The number of carbonyl (C=O) groups excluding carboxylic acids is 2. The van der Waals surface area contributed by atoms with Gasteiger partial charge >= 0.3 is 5.97 Å². The number of hydrogen-bond acceptors (Lipinski definition) is 6. The maximum atomic E-state index is 12.0. The van der Waals surface area contributed by atoms with E-state index in [0.717, 1.165) is 12.2 Å². The molecule has 7 heteroatoms. The van der Waals surface area contributed by atoms with Gasteiger partial charge in [0, 0.05) is 17.6 Å². The number of pyridine rings is 1. The molecule has 1 heterocycles. The molecule has 0 radical (unpaired) electrons. The number of hydrogen-bond donors (Lipinski definition) is 1. The van der Waals surface area contributed by atoms with E-state index in [-0.39, 0.29) is 12.5 Å². The predicted molar refractivity (Wildman–Crippen MR) is 101 cm³/mol. The average Bonchev–Trinajstić information content (AvgIpc) is 2.66. The zero-order valence-electron chi connectivity index (χ0n) is 13.9. The fourth-order valence-electron chi connectivity index (χ4n) is 1.98. The van der Waals surface area contributed by atoms with Gasteiger partial charge in [0.05, 0.1) is 5.56 Å². The highest BCUT2D eigenvalue weighted by Gasteiger charge is 2.14. The van der Waals surface area contributed by atoms with Crippen LogP contribution in [0.2, 0.25) is 0 Å². The molecular formula is C18H20N2O3S2. The van der Waals surface area contributed by atoms with Gasteiger partial charge in [0.2, 0.25) is 0 Å². The lowest BCUT2D eigenvalue weighted by molar-refractivity contribution is -0.124. The van der Waals surface area contributed by atoms with Crippen molar-refractivity contribution >= 4 is 35.4 Å². The molecule has 1 aromatic heterocycles. The number of nitrogens with one attached hydrogen (secondary N) is 1. The molecule has 0 aliphatic carbocycles. The largest absolute Gasteiger partial charge is 0.452 e. The number of ether oxygens (including phenoxy) is 1. The first-order chi connectivity index (χ1) is 12.2. The smallest absolute Gasteiger partial charge is 0.341 e. The van der Waals surface area contributed by atoms with E-state index in [2.05, 4.69) is 22.4 Å². The van der Waals surface area contributed by atoms with Crippen LogP contribution >= 0.6 is 23.5 Å². The summed E-state index contributed by atoms with van der Waals surface area (Å²) in [6.07, 6.45) is 4.29. The summed E-state index contributed by atoms with van der Waals surface area (Å²) in [5, 5.41) is 3.34. The number of carbonyl (C=O) groups is 2. The Morgan fingerprint density at radius 1 is 1.16 bits per heavy atom. The number of nitrogens with zero attached hydrogens (tertiary/aromatic N) is 1. The molecule has 0 aliphatic heterocycles. The van der Waals surface area contributed by atoms with Crippen molar-refractivity contribution in [3.8, 4) is 0 Å². The second-order valence-corrected chi connectivity index (χ2v) is 6.96. The molecule has 0 aliphatic rings. The third-order valence-corrected chi connectivity index (χ3v) is 4.98. The summed E-state index contributed by atoms with van der Waals surface area (Å²) in [5.74, 6) is 0.0801. The predicted octanol–water partition coefficient (Wildman–Crippen LogP) is 3.26. The van der Waals surface area contributed by atoms with Crippen molar-refractivity contribution in [1.82, 2.24) is 10.3 Å². The SMILES string of the molecule is CSc1ncccc1C(=O)OCC(=O)NCCCSc1ccccc1. The third-order valence-electron chi connectivity index (χ3n) is 3.17. The molecule has 1 aromatic carbocycles. The lowest BCUT2D eigenvalue weighted by Crippen LogP contribution is -2.30. The van der Waals surface area contributed by atoms with Gasteiger partial charge in [-0.2, -0.15) is 0 Å². The van der Waals surface area contributed by atoms with Crippen LogP contribution in [0.1, 0.15) is 16.8 Å². The van der Waals surface area contributed by atoms with Crippen molar-refractivity contribution in [3.05, 3.63) is 54.2 Å². The molecule has 1 N–H and O–H groups in total. The number of benzene rings is 1. The zero-order valence-corrected chi connectivity index (χ0v) is 15.6. The zero-order chi connectivity index (χ0) is 17.9. The van der Waals surface area contributed by atoms with E-state index in [4.69, 9.17) is 4.74 Å². The number of amides is 1. The van der Waals surface area contributed by atoms with Crippen molar-refractivity contribution < 1.29 is 14.3 Å². The molecule has 2 rings (SSSR count). The van der Waals surface area contributed by atoms with Gasteiger partial charge in [-0.15, -0.1) is 23.5 Å². The molecule has 0 fully saturated rings. The Morgan fingerprint density at radius 3 is 2.72 bits per heavy atom. The lowest BCUT2D eigenvalue weighted by Gasteiger charge is -2.08. The Balaban J connectivity index is 1.63. The minimum Gasteiger partial charge on any atom is -0.452 e. The number of aromatic nitrogens is 1. The molecule has 2 aromatic rings. The van der Waals surface area contributed by atoms with Crippen molar-refractivity contribution in [2.75, 3.05) is 25.2 Å². The van der Waals surface area contributed by atoms with Crippen LogP contribution in [0.25, 0.3) is 0 Å². The van der Waals surface area contributed by atoms with Crippen LogP contribution in [0, 0.1) is 0 Å². The van der Waals surface area contributed by atoms with E-state index in [1.165, 1.54) is 16.7 Å². The summed E-state index contributed by atoms with van der Waals surface area (Å²) < 4.78 is 5.05. The van der Waals surface area contributed by atoms with Crippen LogP contribution in [0.3, 0.4) is 0 Å². The second kappa shape index (κ2) is 10.8. The van der Waals surface area contributed by atoms with Gasteiger partial charge in [0.15, 0.2) is 6.61 Å². The summed E-state index contributed by atoms with van der Waals surface area (Å²) >= 11 is 3.11. The summed E-state index contributed by atoms with van der Waals surface area (Å²) in [5.41, 5.74) is 0.377. The first-order valence-corrected chi connectivity index (χ1v) is 10.0. The van der Waals surface area contributed by atoms with Gasteiger partial charge in [-0.1, -0.05) is 18.2 Å². The van der Waals surface area contributed by atoms with E-state index in [0.29, 0.717) is 17.1 Å². The fourth-order valence-corrected chi connectivity index (χ4v) is 3.39. The van der Waals surface area contributed by atoms with Crippen molar-refractivity contribution in [2.45, 2.75) is 16.3 Å². The normalized spacial score (nSPS) is 10.3. The topological polar surface area (TPSA) is 68.3 Å². The van der Waals surface area contributed by atoms with Gasteiger partial charge in [0.25, 0.3) is 5.91 Å². The molecule has 0 atom stereocenters. The molecule has 25 heavy (non-hydrogen) atoms. The summed E-state index contributed by atoms with van der Waals surface area (Å²) in [6, 6.07) is 13.4. The third kappa shape index (κ3) is 6.80. The van der Waals surface area contributed by atoms with Crippen LogP contribution in [-0.4, -0.2) is 42.0 Å². The summed E-state index contributed by atoms with van der Waals surface area (Å²) in [4.78, 5) is 29.1. The molecule has 0 saturated carbocycles. The van der Waals surface area contributed by atoms with Gasteiger partial charge in [-0.3, -0.25) is 4.79 Å². The van der Waals surface area contributed by atoms with Gasteiger partial charge in [0.1, 0.15) is 5.03 Å². The van der Waals surface area contributed by atoms with E-state index in [1.807, 2.05) is 24.5 Å². The number of thioether (sulfide) groups is 2. The molecule has 5 nitrogen and oxygen atoms in total. The minimum atomic E-state index is -0.535. The summed E-state index contributed by atoms with van der Waals surface area (Å²) in [6.45, 7) is 0.270. The second-order valence-electron chi connectivity index (χ2n) is 5.00.